The fourth-order valence-electron chi connectivity index (χ4n) is 8.34. The van der Waals surface area contributed by atoms with Crippen LogP contribution in [0.25, 0.3) is 0 Å². The fourth-order valence-corrected chi connectivity index (χ4v) is 8.34. The molecule has 0 saturated heterocycles. The van der Waals surface area contributed by atoms with Crippen LogP contribution in [0.15, 0.2) is 0 Å². The predicted octanol–water partition coefficient (Wildman–Crippen LogP) is 5.38. The standard InChI is InChI=1S/C23H38O2/c1-5-10-23(25)12-9-19-17-7-6-16-13-20(24)15(2)14-21(16,3)18(17)8-11-22(19,23)4/h15-19,25H,5-14H2,1-4H3/t15-,16+,17+,18+,19-,21+,22+,23+/m1/s1. The van der Waals surface area contributed by atoms with E-state index in [4.69, 9.17) is 0 Å². The Morgan fingerprint density at radius 3 is 2.52 bits per heavy atom. The first kappa shape index (κ1) is 18.0. The summed E-state index contributed by atoms with van der Waals surface area (Å²) in [5.41, 5.74) is 0.0669. The minimum absolute atomic E-state index is 0.128. The highest BCUT2D eigenvalue weighted by Crippen LogP contribution is 2.68. The van der Waals surface area contributed by atoms with Gasteiger partial charge in [-0.3, -0.25) is 4.79 Å². The molecule has 2 heteroatoms. The topological polar surface area (TPSA) is 37.3 Å². The van der Waals surface area contributed by atoms with E-state index >= 15 is 0 Å². The van der Waals surface area contributed by atoms with Crippen LogP contribution in [0.3, 0.4) is 0 Å². The van der Waals surface area contributed by atoms with Crippen molar-refractivity contribution in [1.82, 2.24) is 0 Å². The molecular weight excluding hydrogens is 308 g/mol. The lowest BCUT2D eigenvalue weighted by Crippen LogP contribution is -2.57. The third-order valence-corrected chi connectivity index (χ3v) is 9.79. The quantitative estimate of drug-likeness (QED) is 0.729. The molecule has 4 rings (SSSR count). The number of aliphatic hydroxyl groups is 1. The van der Waals surface area contributed by atoms with Crippen molar-refractivity contribution in [3.8, 4) is 0 Å². The summed E-state index contributed by atoms with van der Waals surface area (Å²) in [5.74, 6) is 3.66. The normalized spacial score (nSPS) is 55.4. The van der Waals surface area contributed by atoms with Gasteiger partial charge in [0.05, 0.1) is 5.60 Å². The minimum Gasteiger partial charge on any atom is -0.389 e. The lowest BCUT2D eigenvalue weighted by molar-refractivity contribution is -0.162. The smallest absolute Gasteiger partial charge is 0.136 e. The molecule has 0 aromatic carbocycles. The van der Waals surface area contributed by atoms with Crippen molar-refractivity contribution < 1.29 is 9.90 Å². The Morgan fingerprint density at radius 2 is 1.80 bits per heavy atom. The van der Waals surface area contributed by atoms with Gasteiger partial charge >= 0.3 is 0 Å². The average molecular weight is 347 g/mol. The van der Waals surface area contributed by atoms with Crippen LogP contribution in [-0.4, -0.2) is 16.5 Å². The molecule has 0 bridgehead atoms. The number of ketones is 1. The Bertz CT molecular complexity index is 556. The van der Waals surface area contributed by atoms with Gasteiger partial charge in [0.15, 0.2) is 0 Å². The lowest BCUT2D eigenvalue weighted by Gasteiger charge is -2.61. The van der Waals surface area contributed by atoms with Gasteiger partial charge in [0.2, 0.25) is 0 Å². The summed E-state index contributed by atoms with van der Waals surface area (Å²) in [6.07, 6.45) is 11.3. The fraction of sp³-hybridized carbons (Fsp3) is 0.957. The molecule has 0 aromatic rings. The van der Waals surface area contributed by atoms with E-state index < -0.39 is 5.60 Å². The maximum Gasteiger partial charge on any atom is 0.136 e. The van der Waals surface area contributed by atoms with E-state index in [1.807, 2.05) is 0 Å². The van der Waals surface area contributed by atoms with Gasteiger partial charge in [-0.05, 0) is 85.9 Å². The summed E-state index contributed by atoms with van der Waals surface area (Å²) >= 11 is 0. The third-order valence-electron chi connectivity index (χ3n) is 9.79. The summed E-state index contributed by atoms with van der Waals surface area (Å²) < 4.78 is 0. The van der Waals surface area contributed by atoms with Crippen molar-refractivity contribution in [2.45, 2.75) is 97.5 Å². The second-order valence-electron chi connectivity index (χ2n) is 10.7. The number of rotatable bonds is 2. The molecule has 1 N–H and O–H groups in total. The van der Waals surface area contributed by atoms with Crippen LogP contribution in [0.1, 0.15) is 91.9 Å². The first-order chi connectivity index (χ1) is 11.7. The maximum absolute atomic E-state index is 12.3. The van der Waals surface area contributed by atoms with Gasteiger partial charge in [-0.15, -0.1) is 0 Å². The molecule has 0 heterocycles. The highest BCUT2D eigenvalue weighted by Gasteiger charge is 2.64. The van der Waals surface area contributed by atoms with Crippen LogP contribution in [-0.2, 0) is 4.79 Å². The van der Waals surface area contributed by atoms with Gasteiger partial charge in [0.25, 0.3) is 0 Å². The van der Waals surface area contributed by atoms with Crippen LogP contribution in [0.5, 0.6) is 0 Å². The summed E-state index contributed by atoms with van der Waals surface area (Å²) in [6, 6.07) is 0. The Labute approximate surface area is 154 Å². The summed E-state index contributed by atoms with van der Waals surface area (Å²) in [6.45, 7) is 9.31. The van der Waals surface area contributed by atoms with Crippen LogP contribution >= 0.6 is 0 Å². The number of hydrogen-bond donors (Lipinski definition) is 1. The van der Waals surface area contributed by atoms with Gasteiger partial charge in [-0.25, -0.2) is 0 Å². The summed E-state index contributed by atoms with van der Waals surface area (Å²) in [4.78, 5) is 12.3. The van der Waals surface area contributed by atoms with Crippen molar-refractivity contribution in [2.24, 2.45) is 40.4 Å². The van der Waals surface area contributed by atoms with E-state index in [0.29, 0.717) is 23.0 Å². The van der Waals surface area contributed by atoms with Crippen LogP contribution < -0.4 is 0 Å². The largest absolute Gasteiger partial charge is 0.389 e. The second-order valence-corrected chi connectivity index (χ2v) is 10.7. The zero-order valence-electron chi connectivity index (χ0n) is 16.8. The molecule has 0 aromatic heterocycles. The molecule has 4 aliphatic carbocycles. The number of fused-ring (bicyclic) bond motifs is 5. The van der Waals surface area contributed by atoms with Gasteiger partial charge in [0, 0.05) is 12.3 Å². The first-order valence-electron chi connectivity index (χ1n) is 11.0. The summed E-state index contributed by atoms with van der Waals surface area (Å²) in [5, 5.41) is 11.5. The van der Waals surface area contributed by atoms with Gasteiger partial charge in [-0.1, -0.05) is 34.1 Å². The molecule has 0 spiro atoms. The zero-order valence-corrected chi connectivity index (χ0v) is 16.8. The predicted molar refractivity (Wildman–Crippen MR) is 101 cm³/mol. The minimum atomic E-state index is -0.426. The van der Waals surface area contributed by atoms with Gasteiger partial charge in [0.1, 0.15) is 5.78 Å². The lowest BCUT2D eigenvalue weighted by atomic mass is 9.43. The van der Waals surface area contributed by atoms with E-state index in [1.54, 1.807) is 0 Å². The average Bonchev–Trinajstić information content (AvgIpc) is 2.81. The molecule has 4 fully saturated rings. The molecule has 4 aliphatic rings. The van der Waals surface area contributed by atoms with Crippen molar-refractivity contribution in [3.05, 3.63) is 0 Å². The van der Waals surface area contributed by atoms with Crippen molar-refractivity contribution >= 4 is 5.78 Å². The Kier molecular flexibility index (Phi) is 4.19. The molecule has 0 amide bonds. The van der Waals surface area contributed by atoms with E-state index in [1.165, 1.54) is 32.1 Å². The Hall–Kier alpha value is -0.370. The number of Topliss-reactive ketones (excluding diaryl/α,β-unsaturated/α-hetero) is 1. The summed E-state index contributed by atoms with van der Waals surface area (Å²) in [7, 11) is 0. The van der Waals surface area contributed by atoms with Gasteiger partial charge < -0.3 is 5.11 Å². The molecule has 0 radical (unpaired) electrons. The number of carbonyl (C=O) groups excluding carboxylic acids is 1. The molecule has 4 saturated carbocycles. The molecule has 0 unspecified atom stereocenters. The van der Waals surface area contributed by atoms with E-state index in [9.17, 15) is 9.90 Å². The molecule has 0 aliphatic heterocycles. The van der Waals surface area contributed by atoms with E-state index in [-0.39, 0.29) is 11.3 Å². The molecule has 142 valence electrons. The third kappa shape index (κ3) is 2.35. The van der Waals surface area contributed by atoms with Crippen LogP contribution in [0.2, 0.25) is 0 Å². The zero-order chi connectivity index (χ0) is 18.0. The molecule has 8 atom stereocenters. The SMILES string of the molecule is CCC[C@]1(O)CC[C@@H]2[C@H]3CC[C@H]4CC(=O)[C@H](C)C[C@]4(C)[C@H]3CC[C@@]21C. The van der Waals surface area contributed by atoms with E-state index in [2.05, 4.69) is 27.7 Å². The highest BCUT2D eigenvalue weighted by atomic mass is 16.3. The Morgan fingerprint density at radius 1 is 1.08 bits per heavy atom. The van der Waals surface area contributed by atoms with Gasteiger partial charge in [-0.2, -0.15) is 0 Å². The van der Waals surface area contributed by atoms with Crippen molar-refractivity contribution in [2.75, 3.05) is 0 Å². The van der Waals surface area contributed by atoms with Crippen molar-refractivity contribution in [1.29, 1.82) is 0 Å². The van der Waals surface area contributed by atoms with E-state index in [0.717, 1.165) is 43.9 Å². The van der Waals surface area contributed by atoms with Crippen LogP contribution in [0, 0.1) is 40.4 Å². The monoisotopic (exact) mass is 346 g/mol. The number of carbonyl (C=O) groups is 1. The van der Waals surface area contributed by atoms with Crippen LogP contribution in [0.4, 0.5) is 0 Å². The second kappa shape index (κ2) is 5.81. The first-order valence-corrected chi connectivity index (χ1v) is 11.0. The maximum atomic E-state index is 12.3. The Balaban J connectivity index is 1.63. The van der Waals surface area contributed by atoms with Crippen molar-refractivity contribution in [3.63, 3.8) is 0 Å². The molecule has 25 heavy (non-hydrogen) atoms. The highest BCUT2D eigenvalue weighted by molar-refractivity contribution is 5.82. The molecule has 2 nitrogen and oxygen atoms in total. The molecular formula is C23H38O2. The number of hydrogen-bond acceptors (Lipinski definition) is 2.